The number of aromatic nitrogens is 3. The second kappa shape index (κ2) is 4.02. The standard InChI is InChI=1S/C13H18N4/c1-9-3-4-11(10(9)2)16-13-12-5-6-15-17(12)8-7-14-13/h5-11H,3-4H2,1-2H3,(H,14,16). The monoisotopic (exact) mass is 230 g/mol. The van der Waals surface area contributed by atoms with Crippen LogP contribution >= 0.6 is 0 Å². The summed E-state index contributed by atoms with van der Waals surface area (Å²) in [6.07, 6.45) is 8.02. The van der Waals surface area contributed by atoms with Crippen molar-refractivity contribution in [1.29, 1.82) is 0 Å². The number of hydrogen-bond donors (Lipinski definition) is 1. The van der Waals surface area contributed by atoms with Gasteiger partial charge in [-0.05, 0) is 30.7 Å². The van der Waals surface area contributed by atoms with Crippen molar-refractivity contribution in [2.45, 2.75) is 32.7 Å². The Labute approximate surface area is 101 Å². The first-order valence-corrected chi connectivity index (χ1v) is 6.30. The number of hydrogen-bond acceptors (Lipinski definition) is 3. The highest BCUT2D eigenvalue weighted by molar-refractivity contribution is 5.67. The van der Waals surface area contributed by atoms with E-state index in [1.165, 1.54) is 12.8 Å². The molecule has 0 saturated heterocycles. The molecule has 1 aliphatic carbocycles. The van der Waals surface area contributed by atoms with Crippen molar-refractivity contribution in [3.63, 3.8) is 0 Å². The van der Waals surface area contributed by atoms with Gasteiger partial charge in [0.1, 0.15) is 5.52 Å². The Morgan fingerprint density at radius 3 is 2.94 bits per heavy atom. The van der Waals surface area contributed by atoms with Gasteiger partial charge in [-0.1, -0.05) is 13.8 Å². The Hall–Kier alpha value is -1.58. The lowest BCUT2D eigenvalue weighted by Crippen LogP contribution is -2.24. The van der Waals surface area contributed by atoms with E-state index in [1.807, 2.05) is 23.0 Å². The summed E-state index contributed by atoms with van der Waals surface area (Å²) in [5, 5.41) is 7.80. The normalized spacial score (nSPS) is 28.7. The van der Waals surface area contributed by atoms with Gasteiger partial charge in [-0.2, -0.15) is 5.10 Å². The predicted molar refractivity (Wildman–Crippen MR) is 68.0 cm³/mol. The summed E-state index contributed by atoms with van der Waals surface area (Å²) in [7, 11) is 0. The van der Waals surface area contributed by atoms with E-state index in [2.05, 4.69) is 29.2 Å². The first kappa shape index (κ1) is 10.6. The maximum Gasteiger partial charge on any atom is 0.152 e. The molecule has 4 heteroatoms. The highest BCUT2D eigenvalue weighted by Gasteiger charge is 2.30. The van der Waals surface area contributed by atoms with Crippen LogP contribution in [0.4, 0.5) is 5.82 Å². The molecule has 2 aromatic rings. The molecule has 0 spiro atoms. The topological polar surface area (TPSA) is 42.2 Å². The van der Waals surface area contributed by atoms with Crippen LogP contribution in [0.5, 0.6) is 0 Å². The van der Waals surface area contributed by atoms with Crippen LogP contribution in [0.2, 0.25) is 0 Å². The lowest BCUT2D eigenvalue weighted by molar-refractivity contribution is 0.435. The summed E-state index contributed by atoms with van der Waals surface area (Å²) >= 11 is 0. The Balaban J connectivity index is 1.88. The molecule has 2 heterocycles. The number of rotatable bonds is 2. The molecular formula is C13H18N4. The SMILES string of the molecule is CC1CCC(Nc2nccn3nccc23)C1C. The van der Waals surface area contributed by atoms with Crippen molar-refractivity contribution in [2.75, 3.05) is 5.32 Å². The molecule has 3 atom stereocenters. The zero-order valence-corrected chi connectivity index (χ0v) is 10.3. The fourth-order valence-corrected chi connectivity index (χ4v) is 2.71. The smallest absolute Gasteiger partial charge is 0.152 e. The molecule has 1 saturated carbocycles. The van der Waals surface area contributed by atoms with Crippen molar-refractivity contribution in [1.82, 2.24) is 14.6 Å². The predicted octanol–water partition coefficient (Wildman–Crippen LogP) is 2.58. The van der Waals surface area contributed by atoms with E-state index in [0.717, 1.165) is 17.3 Å². The van der Waals surface area contributed by atoms with Crippen molar-refractivity contribution >= 4 is 11.3 Å². The van der Waals surface area contributed by atoms with Gasteiger partial charge in [0.05, 0.1) is 6.20 Å². The third-order valence-corrected chi connectivity index (χ3v) is 4.11. The van der Waals surface area contributed by atoms with Crippen LogP contribution in [0.25, 0.3) is 5.52 Å². The molecule has 1 N–H and O–H groups in total. The van der Waals surface area contributed by atoms with Crippen LogP contribution in [-0.4, -0.2) is 20.6 Å². The average Bonchev–Trinajstić information content (AvgIpc) is 2.91. The molecular weight excluding hydrogens is 212 g/mol. The third kappa shape index (κ3) is 1.77. The summed E-state index contributed by atoms with van der Waals surface area (Å²) in [4.78, 5) is 4.43. The quantitative estimate of drug-likeness (QED) is 0.862. The summed E-state index contributed by atoms with van der Waals surface area (Å²) in [5.41, 5.74) is 1.05. The minimum Gasteiger partial charge on any atom is -0.365 e. The van der Waals surface area contributed by atoms with Gasteiger partial charge in [-0.25, -0.2) is 9.50 Å². The zero-order valence-electron chi connectivity index (χ0n) is 10.3. The highest BCUT2D eigenvalue weighted by atomic mass is 15.2. The van der Waals surface area contributed by atoms with Gasteiger partial charge < -0.3 is 5.32 Å². The van der Waals surface area contributed by atoms with Gasteiger partial charge in [0.25, 0.3) is 0 Å². The van der Waals surface area contributed by atoms with E-state index in [-0.39, 0.29) is 0 Å². The Kier molecular flexibility index (Phi) is 2.50. The van der Waals surface area contributed by atoms with Crippen molar-refractivity contribution in [3.05, 3.63) is 24.7 Å². The molecule has 0 radical (unpaired) electrons. The van der Waals surface area contributed by atoms with E-state index in [9.17, 15) is 0 Å². The Bertz CT molecular complexity index is 519. The maximum atomic E-state index is 4.43. The average molecular weight is 230 g/mol. The fraction of sp³-hybridized carbons (Fsp3) is 0.538. The van der Waals surface area contributed by atoms with Crippen LogP contribution in [-0.2, 0) is 0 Å². The van der Waals surface area contributed by atoms with Gasteiger partial charge in [0.15, 0.2) is 5.82 Å². The van der Waals surface area contributed by atoms with E-state index in [1.54, 1.807) is 6.20 Å². The van der Waals surface area contributed by atoms with Gasteiger partial charge in [-0.15, -0.1) is 0 Å². The number of nitrogens with one attached hydrogen (secondary N) is 1. The first-order chi connectivity index (χ1) is 8.25. The largest absolute Gasteiger partial charge is 0.365 e. The molecule has 3 unspecified atom stereocenters. The Morgan fingerprint density at radius 1 is 1.29 bits per heavy atom. The van der Waals surface area contributed by atoms with Gasteiger partial charge >= 0.3 is 0 Å². The van der Waals surface area contributed by atoms with Crippen molar-refractivity contribution in [3.8, 4) is 0 Å². The molecule has 2 aromatic heterocycles. The molecule has 17 heavy (non-hydrogen) atoms. The van der Waals surface area contributed by atoms with Crippen molar-refractivity contribution < 1.29 is 0 Å². The third-order valence-electron chi connectivity index (χ3n) is 4.11. The molecule has 0 aliphatic heterocycles. The second-order valence-electron chi connectivity index (χ2n) is 5.10. The van der Waals surface area contributed by atoms with Crippen LogP contribution < -0.4 is 5.32 Å². The second-order valence-corrected chi connectivity index (χ2v) is 5.10. The fourth-order valence-electron chi connectivity index (χ4n) is 2.71. The molecule has 1 aliphatic rings. The summed E-state index contributed by atoms with van der Waals surface area (Å²) in [5.74, 6) is 2.47. The van der Waals surface area contributed by atoms with Gasteiger partial charge in [0, 0.05) is 18.4 Å². The van der Waals surface area contributed by atoms with Gasteiger partial charge in [-0.3, -0.25) is 0 Å². The first-order valence-electron chi connectivity index (χ1n) is 6.30. The number of nitrogens with zero attached hydrogens (tertiary/aromatic N) is 3. The molecule has 0 amide bonds. The van der Waals surface area contributed by atoms with E-state index in [4.69, 9.17) is 0 Å². The molecule has 1 fully saturated rings. The highest BCUT2D eigenvalue weighted by Crippen LogP contribution is 2.33. The van der Waals surface area contributed by atoms with E-state index < -0.39 is 0 Å². The van der Waals surface area contributed by atoms with Crippen LogP contribution in [0.15, 0.2) is 24.7 Å². The molecule has 0 bridgehead atoms. The minimum atomic E-state index is 0.540. The number of anilines is 1. The maximum absolute atomic E-state index is 4.43. The van der Waals surface area contributed by atoms with E-state index >= 15 is 0 Å². The van der Waals surface area contributed by atoms with Crippen LogP contribution in [0.1, 0.15) is 26.7 Å². The molecule has 90 valence electrons. The molecule has 3 rings (SSSR count). The van der Waals surface area contributed by atoms with E-state index in [0.29, 0.717) is 12.0 Å². The zero-order chi connectivity index (χ0) is 11.8. The lowest BCUT2D eigenvalue weighted by atomic mass is 9.98. The molecule has 4 nitrogen and oxygen atoms in total. The van der Waals surface area contributed by atoms with Crippen LogP contribution in [0, 0.1) is 11.8 Å². The minimum absolute atomic E-state index is 0.540. The summed E-state index contributed by atoms with van der Waals surface area (Å²) in [6.45, 7) is 4.66. The number of fused-ring (bicyclic) bond motifs is 1. The lowest BCUT2D eigenvalue weighted by Gasteiger charge is -2.20. The Morgan fingerprint density at radius 2 is 2.18 bits per heavy atom. The van der Waals surface area contributed by atoms with Gasteiger partial charge in [0.2, 0.25) is 0 Å². The van der Waals surface area contributed by atoms with Crippen molar-refractivity contribution in [2.24, 2.45) is 11.8 Å². The van der Waals surface area contributed by atoms with Crippen LogP contribution in [0.3, 0.4) is 0 Å². The summed E-state index contributed by atoms with van der Waals surface area (Å²) < 4.78 is 1.86. The molecule has 0 aromatic carbocycles. The summed E-state index contributed by atoms with van der Waals surface area (Å²) in [6, 6.07) is 2.54.